The van der Waals surface area contributed by atoms with Crippen LogP contribution in [-0.4, -0.2) is 41.1 Å². The van der Waals surface area contributed by atoms with Crippen molar-refractivity contribution >= 4 is 9.84 Å². The van der Waals surface area contributed by atoms with Crippen LogP contribution >= 0.6 is 0 Å². The Morgan fingerprint density at radius 3 is 2.70 bits per heavy atom. The predicted molar refractivity (Wildman–Crippen MR) is 76.1 cm³/mol. The van der Waals surface area contributed by atoms with Crippen molar-refractivity contribution in [3.63, 3.8) is 0 Å². The first-order chi connectivity index (χ1) is 9.62. The summed E-state index contributed by atoms with van der Waals surface area (Å²) in [7, 11) is -2.82. The highest BCUT2D eigenvalue weighted by Gasteiger charge is 2.27. The minimum Gasteiger partial charge on any atom is -0.306 e. The molecule has 1 saturated carbocycles. The summed E-state index contributed by atoms with van der Waals surface area (Å²) in [6.45, 7) is 0.569. The summed E-state index contributed by atoms with van der Waals surface area (Å²) in [5.41, 5.74) is 0. The number of aromatic nitrogens is 3. The third kappa shape index (κ3) is 3.38. The molecule has 7 heteroatoms. The molecule has 2 heterocycles. The fraction of sp³-hybridized carbons (Fsp3) is 0.846. The van der Waals surface area contributed by atoms with Gasteiger partial charge in [-0.15, -0.1) is 0 Å². The monoisotopic (exact) mass is 298 g/mol. The summed E-state index contributed by atoms with van der Waals surface area (Å²) < 4.78 is 22.8. The van der Waals surface area contributed by atoms with Crippen molar-refractivity contribution < 1.29 is 8.42 Å². The van der Waals surface area contributed by atoms with Crippen LogP contribution in [0, 0.1) is 0 Å². The third-order valence-corrected chi connectivity index (χ3v) is 6.08. The molecule has 1 aliphatic carbocycles. The van der Waals surface area contributed by atoms with Crippen LogP contribution in [0.1, 0.15) is 56.1 Å². The van der Waals surface area contributed by atoms with E-state index in [4.69, 9.17) is 0 Å². The number of H-pyrrole nitrogens is 1. The fourth-order valence-corrected chi connectivity index (χ4v) is 4.84. The molecule has 2 aliphatic rings. The van der Waals surface area contributed by atoms with Crippen LogP contribution in [-0.2, 0) is 16.4 Å². The number of sulfone groups is 1. The maximum atomic E-state index is 11.4. The normalized spacial score (nSPS) is 26.9. The molecule has 0 amide bonds. The lowest BCUT2D eigenvalue weighted by molar-refractivity contribution is 0.429. The lowest BCUT2D eigenvalue weighted by Crippen LogP contribution is -2.29. The Hall–Kier alpha value is -0.950. The SMILES string of the molecule is O=S1(=O)CCC(NCc2nc(C3CCCCC3)n[nH]2)C1. The van der Waals surface area contributed by atoms with Gasteiger partial charge in [0.05, 0.1) is 18.1 Å². The first-order valence-corrected chi connectivity index (χ1v) is 9.29. The van der Waals surface area contributed by atoms with Crippen molar-refractivity contribution in [2.24, 2.45) is 0 Å². The van der Waals surface area contributed by atoms with Gasteiger partial charge in [0.15, 0.2) is 15.7 Å². The highest BCUT2D eigenvalue weighted by Crippen LogP contribution is 2.30. The topological polar surface area (TPSA) is 87.7 Å². The average Bonchev–Trinajstić information content (AvgIpc) is 3.04. The average molecular weight is 298 g/mol. The van der Waals surface area contributed by atoms with Crippen LogP contribution in [0.25, 0.3) is 0 Å². The van der Waals surface area contributed by atoms with Gasteiger partial charge in [-0.25, -0.2) is 13.4 Å². The van der Waals surface area contributed by atoms with Crippen LogP contribution in [0.15, 0.2) is 0 Å². The van der Waals surface area contributed by atoms with E-state index in [0.717, 1.165) is 11.6 Å². The molecule has 112 valence electrons. The molecular weight excluding hydrogens is 276 g/mol. The van der Waals surface area contributed by atoms with Gasteiger partial charge in [-0.05, 0) is 19.3 Å². The second kappa shape index (κ2) is 5.81. The number of nitrogens with zero attached hydrogens (tertiary/aromatic N) is 2. The zero-order valence-corrected chi connectivity index (χ0v) is 12.5. The molecule has 0 spiro atoms. The van der Waals surface area contributed by atoms with Gasteiger partial charge in [0, 0.05) is 12.0 Å². The molecular formula is C13H22N4O2S. The molecule has 6 nitrogen and oxygen atoms in total. The molecule has 1 aromatic heterocycles. The smallest absolute Gasteiger partial charge is 0.153 e. The standard InChI is InChI=1S/C13H22N4O2S/c18-20(19)7-6-11(9-20)14-8-12-15-13(17-16-12)10-4-2-1-3-5-10/h10-11,14H,1-9H2,(H,15,16,17). The van der Waals surface area contributed by atoms with Gasteiger partial charge in [0.25, 0.3) is 0 Å². The van der Waals surface area contributed by atoms with E-state index in [0.29, 0.717) is 24.6 Å². The first-order valence-electron chi connectivity index (χ1n) is 7.47. The Kier molecular flexibility index (Phi) is 4.07. The van der Waals surface area contributed by atoms with Crippen molar-refractivity contribution in [2.75, 3.05) is 11.5 Å². The summed E-state index contributed by atoms with van der Waals surface area (Å²) in [5, 5.41) is 10.6. The van der Waals surface area contributed by atoms with Gasteiger partial charge in [0.2, 0.25) is 0 Å². The second-order valence-corrected chi connectivity index (χ2v) is 8.18. The Morgan fingerprint density at radius 2 is 2.00 bits per heavy atom. The summed E-state index contributed by atoms with van der Waals surface area (Å²) in [6, 6.07) is 0.0585. The summed E-state index contributed by atoms with van der Waals surface area (Å²) in [6.07, 6.45) is 6.94. The Morgan fingerprint density at radius 1 is 1.20 bits per heavy atom. The lowest BCUT2D eigenvalue weighted by atomic mass is 9.89. The maximum Gasteiger partial charge on any atom is 0.153 e. The van der Waals surface area contributed by atoms with Gasteiger partial charge in [-0.2, -0.15) is 5.10 Å². The second-order valence-electron chi connectivity index (χ2n) is 5.96. The molecule has 2 N–H and O–H groups in total. The molecule has 1 atom stereocenters. The highest BCUT2D eigenvalue weighted by atomic mass is 32.2. The molecule has 1 saturated heterocycles. The zero-order chi connectivity index (χ0) is 14.0. The van der Waals surface area contributed by atoms with Crippen molar-refractivity contribution in [1.29, 1.82) is 0 Å². The number of rotatable bonds is 4. The summed E-state index contributed by atoms with van der Waals surface area (Å²) in [4.78, 5) is 4.55. The number of aromatic amines is 1. The van der Waals surface area contributed by atoms with E-state index in [1.165, 1.54) is 32.1 Å². The number of hydrogen-bond donors (Lipinski definition) is 2. The van der Waals surface area contributed by atoms with E-state index >= 15 is 0 Å². The summed E-state index contributed by atoms with van der Waals surface area (Å²) in [5.74, 6) is 2.79. The van der Waals surface area contributed by atoms with E-state index in [2.05, 4.69) is 20.5 Å². The maximum absolute atomic E-state index is 11.4. The Balaban J connectivity index is 1.52. The van der Waals surface area contributed by atoms with E-state index in [1.807, 2.05) is 0 Å². The zero-order valence-electron chi connectivity index (χ0n) is 11.6. The van der Waals surface area contributed by atoms with Gasteiger partial charge in [0.1, 0.15) is 5.82 Å². The molecule has 1 aromatic rings. The minimum absolute atomic E-state index is 0.0585. The van der Waals surface area contributed by atoms with Crippen molar-refractivity contribution in [1.82, 2.24) is 20.5 Å². The van der Waals surface area contributed by atoms with Gasteiger partial charge in [-0.1, -0.05) is 19.3 Å². The van der Waals surface area contributed by atoms with E-state index in [1.54, 1.807) is 0 Å². The van der Waals surface area contributed by atoms with Crippen LogP contribution in [0.2, 0.25) is 0 Å². The van der Waals surface area contributed by atoms with Crippen LogP contribution < -0.4 is 5.32 Å². The van der Waals surface area contributed by atoms with E-state index in [9.17, 15) is 8.42 Å². The summed E-state index contributed by atoms with van der Waals surface area (Å²) >= 11 is 0. The van der Waals surface area contributed by atoms with Gasteiger partial charge in [-0.3, -0.25) is 5.10 Å². The first kappa shape index (κ1) is 14.0. The largest absolute Gasteiger partial charge is 0.306 e. The third-order valence-electron chi connectivity index (χ3n) is 4.31. The number of hydrogen-bond acceptors (Lipinski definition) is 5. The van der Waals surface area contributed by atoms with Crippen LogP contribution in [0.4, 0.5) is 0 Å². The van der Waals surface area contributed by atoms with Gasteiger partial charge >= 0.3 is 0 Å². The fourth-order valence-electron chi connectivity index (χ4n) is 3.13. The predicted octanol–water partition coefficient (Wildman–Crippen LogP) is 1.13. The molecule has 2 fully saturated rings. The highest BCUT2D eigenvalue weighted by molar-refractivity contribution is 7.91. The molecule has 3 rings (SSSR count). The Bertz CT molecular complexity index is 548. The molecule has 1 aliphatic heterocycles. The van der Waals surface area contributed by atoms with Crippen molar-refractivity contribution in [3.05, 3.63) is 11.6 Å². The molecule has 1 unspecified atom stereocenters. The van der Waals surface area contributed by atoms with E-state index in [-0.39, 0.29) is 11.8 Å². The lowest BCUT2D eigenvalue weighted by Gasteiger charge is -2.18. The molecule has 0 radical (unpaired) electrons. The quantitative estimate of drug-likeness (QED) is 0.870. The minimum atomic E-state index is -2.82. The molecule has 0 bridgehead atoms. The van der Waals surface area contributed by atoms with Crippen molar-refractivity contribution in [3.8, 4) is 0 Å². The van der Waals surface area contributed by atoms with Gasteiger partial charge < -0.3 is 5.32 Å². The number of nitrogens with one attached hydrogen (secondary N) is 2. The molecule has 0 aromatic carbocycles. The Labute approximate surface area is 119 Å². The van der Waals surface area contributed by atoms with E-state index < -0.39 is 9.84 Å². The van der Waals surface area contributed by atoms with Crippen LogP contribution in [0.5, 0.6) is 0 Å². The van der Waals surface area contributed by atoms with Crippen molar-refractivity contribution in [2.45, 2.75) is 57.0 Å². The molecule has 20 heavy (non-hydrogen) atoms. The van der Waals surface area contributed by atoms with Crippen LogP contribution in [0.3, 0.4) is 0 Å².